The molecule has 2 aromatic heterocycles. The van der Waals surface area contributed by atoms with Crippen molar-refractivity contribution in [3.8, 4) is 11.3 Å². The number of nitrogens with zero attached hydrogens (tertiary/aromatic N) is 2. The van der Waals surface area contributed by atoms with E-state index in [-0.39, 0.29) is 28.1 Å². The first-order valence-corrected chi connectivity index (χ1v) is 10.5. The Labute approximate surface area is 212 Å². The Hall–Kier alpha value is -3.95. The Kier molecular flexibility index (Phi) is 7.57. The maximum atomic E-state index is 13.5. The minimum absolute atomic E-state index is 0.127. The molecule has 39 heavy (non-hydrogen) atoms. The molecule has 3 N–H and O–H groups in total. The summed E-state index contributed by atoms with van der Waals surface area (Å²) in [5.74, 6) is -2.19. The topological polar surface area (TPSA) is 86.3 Å². The predicted octanol–water partition coefficient (Wildman–Crippen LogP) is 5.23. The van der Waals surface area contributed by atoms with Gasteiger partial charge < -0.3 is 10.4 Å². The lowest BCUT2D eigenvalue weighted by atomic mass is 9.88. The van der Waals surface area contributed by atoms with Crippen LogP contribution in [0, 0.1) is 5.82 Å². The molecule has 210 valence electrons. The fraction of sp³-hybridized carbons (Fsp3) is 0.261. The zero-order valence-electron chi connectivity index (χ0n) is 19.3. The average molecular weight is 572 g/mol. The summed E-state index contributed by atoms with van der Waals surface area (Å²) in [6.45, 7) is 1.20. The molecule has 0 bridgehead atoms. The number of alkyl halides is 9. The van der Waals surface area contributed by atoms with Crippen molar-refractivity contribution in [2.45, 2.75) is 37.1 Å². The number of carbonyl (C=O) groups is 1. The number of carbonyl (C=O) groups excluding carboxylic acids is 1. The van der Waals surface area contributed by atoms with E-state index < -0.39 is 64.3 Å². The molecule has 0 spiro atoms. The van der Waals surface area contributed by atoms with Gasteiger partial charge in [-0.15, -0.1) is 0 Å². The first-order valence-electron chi connectivity index (χ1n) is 10.5. The van der Waals surface area contributed by atoms with Gasteiger partial charge in [-0.3, -0.25) is 15.0 Å². The minimum Gasteiger partial charge on any atom is -0.369 e. The first kappa shape index (κ1) is 29.6. The van der Waals surface area contributed by atoms with Crippen LogP contribution in [-0.4, -0.2) is 33.6 Å². The van der Waals surface area contributed by atoms with E-state index in [1.54, 1.807) is 0 Å². The van der Waals surface area contributed by atoms with E-state index in [0.717, 1.165) is 24.3 Å². The summed E-state index contributed by atoms with van der Waals surface area (Å²) >= 11 is 0. The summed E-state index contributed by atoms with van der Waals surface area (Å²) < 4.78 is 133. The second-order valence-corrected chi connectivity index (χ2v) is 8.25. The molecule has 6 nitrogen and oxygen atoms in total. The van der Waals surface area contributed by atoms with Crippen LogP contribution in [0.4, 0.5) is 43.9 Å². The van der Waals surface area contributed by atoms with Gasteiger partial charge in [0.1, 0.15) is 5.82 Å². The molecular weight excluding hydrogens is 556 g/mol. The summed E-state index contributed by atoms with van der Waals surface area (Å²) in [5, 5.41) is 21.6. The molecule has 0 saturated heterocycles. The monoisotopic (exact) mass is 572 g/mol. The van der Waals surface area contributed by atoms with Crippen LogP contribution < -0.4 is 10.0 Å². The molecule has 16 heteroatoms. The Morgan fingerprint density at radius 2 is 1.56 bits per heavy atom. The molecule has 0 unspecified atom stereocenters. The highest BCUT2D eigenvalue weighted by molar-refractivity contribution is 5.96. The van der Waals surface area contributed by atoms with Crippen LogP contribution in [0.5, 0.6) is 0 Å². The third kappa shape index (κ3) is 5.89. The fourth-order valence-electron chi connectivity index (χ4n) is 3.50. The Morgan fingerprint density at radius 3 is 2.05 bits per heavy atom. The standard InChI is InChI=1S/C23H15F10N3O3/c1-11(12-2-5-18(21(25,26)27)36(39)10-12)35-19(37)14-6-13(17-4-3-16(24)9-34-17)7-15(8-14)20(38,22(28,29)30)23(31,32)33/h2-11,38H,1H3,(H-,35,37,39)/p+1/t11-/m1/s1. The van der Waals surface area contributed by atoms with Gasteiger partial charge in [0.25, 0.3) is 11.5 Å². The molecule has 2 heterocycles. The van der Waals surface area contributed by atoms with E-state index in [1.807, 2.05) is 0 Å². The van der Waals surface area contributed by atoms with Gasteiger partial charge in [-0.1, -0.05) is 0 Å². The SMILES string of the molecule is C[C@@H](NC(=O)c1cc(-c2ccc(F)cn2)cc(C(O)(C(F)(F)F)C(F)(F)F)c1)c1ccc(C(F)(F)F)[n+](O)c1. The van der Waals surface area contributed by atoms with Crippen LogP contribution >= 0.6 is 0 Å². The van der Waals surface area contributed by atoms with Crippen molar-refractivity contribution in [3.63, 3.8) is 0 Å². The summed E-state index contributed by atoms with van der Waals surface area (Å²) in [5.41, 5.74) is -10.5. The number of halogens is 10. The molecule has 0 aliphatic carbocycles. The van der Waals surface area contributed by atoms with Gasteiger partial charge in [0, 0.05) is 33.1 Å². The lowest BCUT2D eigenvalue weighted by Crippen LogP contribution is -2.54. The molecule has 1 aromatic carbocycles. The number of benzene rings is 1. The largest absolute Gasteiger partial charge is 0.482 e. The van der Waals surface area contributed by atoms with Gasteiger partial charge in [0.2, 0.25) is 6.20 Å². The highest BCUT2D eigenvalue weighted by Crippen LogP contribution is 2.50. The number of rotatable bonds is 5. The van der Waals surface area contributed by atoms with Crippen molar-refractivity contribution in [1.29, 1.82) is 0 Å². The number of aromatic nitrogens is 2. The maximum Gasteiger partial charge on any atom is 0.482 e. The second-order valence-electron chi connectivity index (χ2n) is 8.25. The van der Waals surface area contributed by atoms with Crippen molar-refractivity contribution in [2.24, 2.45) is 0 Å². The molecule has 0 aliphatic rings. The zero-order valence-corrected chi connectivity index (χ0v) is 19.3. The van der Waals surface area contributed by atoms with Gasteiger partial charge in [-0.05, 0) is 43.3 Å². The molecule has 1 atom stereocenters. The smallest absolute Gasteiger partial charge is 0.369 e. The lowest BCUT2D eigenvalue weighted by Gasteiger charge is -2.33. The van der Waals surface area contributed by atoms with Crippen molar-refractivity contribution in [1.82, 2.24) is 10.3 Å². The normalized spacial score (nSPS) is 13.7. The molecule has 3 rings (SSSR count). The van der Waals surface area contributed by atoms with E-state index in [9.17, 15) is 59.0 Å². The van der Waals surface area contributed by atoms with Gasteiger partial charge >= 0.3 is 24.2 Å². The van der Waals surface area contributed by atoms with Gasteiger partial charge in [0.05, 0.1) is 17.9 Å². The lowest BCUT2D eigenvalue weighted by molar-refractivity contribution is -0.915. The molecule has 0 saturated carbocycles. The molecular formula is C23H16F10N3O3+. The average Bonchev–Trinajstić information content (AvgIpc) is 2.81. The summed E-state index contributed by atoms with van der Waals surface area (Å²) in [6, 6.07) is 3.06. The van der Waals surface area contributed by atoms with Crippen molar-refractivity contribution < 1.29 is 63.7 Å². The minimum atomic E-state index is -6.30. The van der Waals surface area contributed by atoms with Crippen molar-refractivity contribution in [2.75, 3.05) is 0 Å². The molecule has 0 radical (unpaired) electrons. The Morgan fingerprint density at radius 1 is 0.949 bits per heavy atom. The highest BCUT2D eigenvalue weighted by Gasteiger charge is 2.71. The highest BCUT2D eigenvalue weighted by atomic mass is 19.4. The number of hydrogen-bond donors (Lipinski definition) is 3. The van der Waals surface area contributed by atoms with Crippen molar-refractivity contribution >= 4 is 5.91 Å². The van der Waals surface area contributed by atoms with E-state index in [2.05, 4.69) is 10.3 Å². The number of aliphatic hydroxyl groups is 1. The van der Waals surface area contributed by atoms with Crippen LogP contribution in [-0.2, 0) is 11.8 Å². The summed E-state index contributed by atoms with van der Waals surface area (Å²) in [7, 11) is 0. The van der Waals surface area contributed by atoms with Crippen LogP contribution in [0.15, 0.2) is 54.9 Å². The van der Waals surface area contributed by atoms with E-state index in [1.165, 1.54) is 6.92 Å². The number of pyridine rings is 2. The molecule has 3 aromatic rings. The van der Waals surface area contributed by atoms with Crippen LogP contribution in [0.1, 0.15) is 40.1 Å². The van der Waals surface area contributed by atoms with E-state index >= 15 is 0 Å². The van der Waals surface area contributed by atoms with Gasteiger partial charge in [-0.25, -0.2) is 4.39 Å². The van der Waals surface area contributed by atoms with Crippen molar-refractivity contribution in [3.05, 3.63) is 83.1 Å². The molecule has 0 aliphatic heterocycles. The zero-order chi connectivity index (χ0) is 29.6. The third-order valence-electron chi connectivity index (χ3n) is 5.55. The molecule has 1 amide bonds. The Bertz CT molecular complexity index is 1360. The van der Waals surface area contributed by atoms with E-state index in [0.29, 0.717) is 18.5 Å². The number of nitrogens with one attached hydrogen (secondary N) is 1. The Balaban J connectivity index is 2.09. The van der Waals surface area contributed by atoms with E-state index in [4.69, 9.17) is 0 Å². The van der Waals surface area contributed by atoms with Crippen LogP contribution in [0.2, 0.25) is 0 Å². The van der Waals surface area contributed by atoms with Crippen LogP contribution in [0.3, 0.4) is 0 Å². The second kappa shape index (κ2) is 9.98. The van der Waals surface area contributed by atoms with Gasteiger partial charge in [0.15, 0.2) is 0 Å². The summed E-state index contributed by atoms with van der Waals surface area (Å²) in [6.07, 6.45) is -16.3. The fourth-order valence-corrected chi connectivity index (χ4v) is 3.50. The third-order valence-corrected chi connectivity index (χ3v) is 5.55. The maximum absolute atomic E-state index is 13.5. The quantitative estimate of drug-likeness (QED) is 0.222. The van der Waals surface area contributed by atoms with Gasteiger partial charge in [-0.2, -0.15) is 39.5 Å². The predicted molar refractivity (Wildman–Crippen MR) is 110 cm³/mol. The molecule has 0 fully saturated rings. The summed E-state index contributed by atoms with van der Waals surface area (Å²) in [4.78, 5) is 16.4. The first-order chi connectivity index (χ1) is 17.8. The number of amides is 1. The number of hydrogen-bond acceptors (Lipinski definition) is 4. The van der Waals surface area contributed by atoms with Crippen LogP contribution in [0.25, 0.3) is 11.3 Å².